The van der Waals surface area contributed by atoms with E-state index in [1.165, 1.54) is 5.56 Å². The molecule has 2 saturated heterocycles. The van der Waals surface area contributed by atoms with E-state index in [2.05, 4.69) is 29.3 Å². The summed E-state index contributed by atoms with van der Waals surface area (Å²) in [7, 11) is 0. The molecular weight excluding hydrogens is 350 g/mol. The Labute approximate surface area is 168 Å². The fourth-order valence-corrected chi connectivity index (χ4v) is 4.69. The molecule has 5 nitrogen and oxygen atoms in total. The van der Waals surface area contributed by atoms with Crippen LogP contribution < -0.4 is 5.32 Å². The Hall–Kier alpha value is -1.88. The van der Waals surface area contributed by atoms with Crippen LogP contribution in [0.2, 0.25) is 0 Å². The zero-order valence-electron chi connectivity index (χ0n) is 17.0. The molecule has 1 aromatic rings. The second-order valence-corrected chi connectivity index (χ2v) is 8.89. The minimum Gasteiger partial charge on any atom is -0.353 e. The van der Waals surface area contributed by atoms with Crippen LogP contribution in [0, 0.1) is 12.8 Å². The molecular formula is C23H33N3O2. The molecule has 152 valence electrons. The quantitative estimate of drug-likeness (QED) is 0.850. The van der Waals surface area contributed by atoms with Gasteiger partial charge in [-0.2, -0.15) is 0 Å². The average Bonchev–Trinajstić information content (AvgIpc) is 3.52. The lowest BCUT2D eigenvalue weighted by atomic mass is 9.93. The number of piperidine rings is 2. The van der Waals surface area contributed by atoms with Gasteiger partial charge in [-0.05, 0) is 57.6 Å². The van der Waals surface area contributed by atoms with Crippen LogP contribution in [0.5, 0.6) is 0 Å². The van der Waals surface area contributed by atoms with Gasteiger partial charge in [0.2, 0.25) is 11.8 Å². The normalized spacial score (nSPS) is 24.2. The summed E-state index contributed by atoms with van der Waals surface area (Å²) in [5.74, 6) is 0.651. The van der Waals surface area contributed by atoms with Crippen LogP contribution in [0.4, 0.5) is 0 Å². The van der Waals surface area contributed by atoms with E-state index < -0.39 is 0 Å². The number of hydrogen-bond donors (Lipinski definition) is 1. The number of likely N-dealkylation sites (tertiary alicyclic amines) is 2. The summed E-state index contributed by atoms with van der Waals surface area (Å²) in [6.07, 6.45) is 6.97. The third-order valence-electron chi connectivity index (χ3n) is 6.52. The van der Waals surface area contributed by atoms with Gasteiger partial charge < -0.3 is 10.2 Å². The summed E-state index contributed by atoms with van der Waals surface area (Å²) in [5, 5.41) is 3.18. The summed E-state index contributed by atoms with van der Waals surface area (Å²) >= 11 is 0. The van der Waals surface area contributed by atoms with Gasteiger partial charge in [-0.25, -0.2) is 0 Å². The molecule has 1 saturated carbocycles. The Morgan fingerprint density at radius 1 is 1.07 bits per heavy atom. The van der Waals surface area contributed by atoms with E-state index >= 15 is 0 Å². The highest BCUT2D eigenvalue weighted by Gasteiger charge is 2.34. The van der Waals surface area contributed by atoms with Crippen LogP contribution in [0.1, 0.15) is 49.7 Å². The summed E-state index contributed by atoms with van der Waals surface area (Å²) < 4.78 is 0. The Morgan fingerprint density at radius 2 is 1.86 bits per heavy atom. The maximum Gasteiger partial charge on any atom is 0.226 e. The van der Waals surface area contributed by atoms with Crippen LogP contribution in [0.25, 0.3) is 0 Å². The van der Waals surface area contributed by atoms with Crippen molar-refractivity contribution in [1.82, 2.24) is 15.1 Å². The first kappa shape index (κ1) is 19.4. The van der Waals surface area contributed by atoms with E-state index in [1.807, 2.05) is 17.0 Å². The number of carbonyl (C=O) groups excluding carboxylic acids is 2. The first-order chi connectivity index (χ1) is 13.6. The fourth-order valence-electron chi connectivity index (χ4n) is 4.69. The molecule has 2 aliphatic heterocycles. The molecule has 4 rings (SSSR count). The molecule has 0 bridgehead atoms. The molecule has 0 spiro atoms. The lowest BCUT2D eigenvalue weighted by Gasteiger charge is -2.42. The standard InChI is InChI=1S/C23H33N3O2/c1-17-4-2-5-18(14-17)15-22(27)25-12-9-21(10-13-25)26-11-3-6-19(16-26)23(28)24-20-7-8-20/h2,4-5,14,19-21H,3,6-13,15-16H2,1H3,(H,24,28)/t19-/m0/s1. The Kier molecular flexibility index (Phi) is 6.00. The minimum atomic E-state index is 0.148. The van der Waals surface area contributed by atoms with Gasteiger partial charge in [0.1, 0.15) is 0 Å². The molecule has 0 unspecified atom stereocenters. The lowest BCUT2D eigenvalue weighted by molar-refractivity contribution is -0.132. The van der Waals surface area contributed by atoms with Gasteiger partial charge in [-0.1, -0.05) is 29.8 Å². The van der Waals surface area contributed by atoms with Crippen molar-refractivity contribution < 1.29 is 9.59 Å². The number of carbonyl (C=O) groups is 2. The fraction of sp³-hybridized carbons (Fsp3) is 0.652. The molecule has 28 heavy (non-hydrogen) atoms. The summed E-state index contributed by atoms with van der Waals surface area (Å²) in [4.78, 5) is 29.6. The maximum absolute atomic E-state index is 12.7. The van der Waals surface area contributed by atoms with Gasteiger partial charge in [-0.15, -0.1) is 0 Å². The van der Waals surface area contributed by atoms with E-state index in [9.17, 15) is 9.59 Å². The van der Waals surface area contributed by atoms with Crippen molar-refractivity contribution >= 4 is 11.8 Å². The van der Waals surface area contributed by atoms with Crippen molar-refractivity contribution in [3.63, 3.8) is 0 Å². The summed E-state index contributed by atoms with van der Waals surface area (Å²) in [6.45, 7) is 5.72. The van der Waals surface area contributed by atoms with Crippen molar-refractivity contribution in [1.29, 1.82) is 0 Å². The predicted molar refractivity (Wildman–Crippen MR) is 110 cm³/mol. The molecule has 1 atom stereocenters. The molecule has 2 amide bonds. The maximum atomic E-state index is 12.7. The van der Waals surface area contributed by atoms with Gasteiger partial charge in [0.05, 0.1) is 12.3 Å². The number of hydrogen-bond acceptors (Lipinski definition) is 3. The third-order valence-corrected chi connectivity index (χ3v) is 6.52. The van der Waals surface area contributed by atoms with E-state index in [4.69, 9.17) is 0 Å². The molecule has 1 N–H and O–H groups in total. The second kappa shape index (κ2) is 8.64. The number of nitrogens with zero attached hydrogens (tertiary/aromatic N) is 2. The molecule has 5 heteroatoms. The van der Waals surface area contributed by atoms with Crippen molar-refractivity contribution in [2.45, 2.75) is 64.0 Å². The van der Waals surface area contributed by atoms with E-state index in [0.717, 1.165) is 70.3 Å². The number of benzene rings is 1. The van der Waals surface area contributed by atoms with Crippen LogP contribution in [-0.2, 0) is 16.0 Å². The molecule has 0 radical (unpaired) electrons. The Morgan fingerprint density at radius 3 is 2.57 bits per heavy atom. The second-order valence-electron chi connectivity index (χ2n) is 8.89. The first-order valence-electron chi connectivity index (χ1n) is 11.0. The van der Waals surface area contributed by atoms with E-state index in [-0.39, 0.29) is 17.7 Å². The topological polar surface area (TPSA) is 52.7 Å². The van der Waals surface area contributed by atoms with Crippen molar-refractivity contribution in [2.75, 3.05) is 26.2 Å². The average molecular weight is 384 g/mol. The predicted octanol–water partition coefficient (Wildman–Crippen LogP) is 2.52. The molecule has 1 aromatic carbocycles. The number of rotatable bonds is 5. The molecule has 3 aliphatic rings. The van der Waals surface area contributed by atoms with Gasteiger partial charge >= 0.3 is 0 Å². The van der Waals surface area contributed by atoms with Gasteiger partial charge in [0.15, 0.2) is 0 Å². The van der Waals surface area contributed by atoms with Crippen LogP contribution in [0.15, 0.2) is 24.3 Å². The highest BCUT2D eigenvalue weighted by atomic mass is 16.2. The van der Waals surface area contributed by atoms with E-state index in [1.54, 1.807) is 0 Å². The zero-order valence-corrected chi connectivity index (χ0v) is 17.0. The lowest BCUT2D eigenvalue weighted by Crippen LogP contribution is -2.51. The first-order valence-corrected chi connectivity index (χ1v) is 11.0. The monoisotopic (exact) mass is 383 g/mol. The van der Waals surface area contributed by atoms with Crippen molar-refractivity contribution in [3.05, 3.63) is 35.4 Å². The highest BCUT2D eigenvalue weighted by molar-refractivity contribution is 5.80. The zero-order chi connectivity index (χ0) is 19.5. The molecule has 1 aliphatic carbocycles. The summed E-state index contributed by atoms with van der Waals surface area (Å²) in [5.41, 5.74) is 2.31. The molecule has 0 aromatic heterocycles. The van der Waals surface area contributed by atoms with Gasteiger partial charge in [-0.3, -0.25) is 14.5 Å². The smallest absolute Gasteiger partial charge is 0.226 e. The molecule has 2 heterocycles. The SMILES string of the molecule is Cc1cccc(CC(=O)N2CCC(N3CCC[C@H](C(=O)NC4CC4)C3)CC2)c1. The number of amides is 2. The van der Waals surface area contributed by atoms with Gasteiger partial charge in [0, 0.05) is 31.7 Å². The number of nitrogens with one attached hydrogen (secondary N) is 1. The Bertz CT molecular complexity index is 708. The van der Waals surface area contributed by atoms with Crippen LogP contribution in [-0.4, -0.2) is 59.9 Å². The highest BCUT2D eigenvalue weighted by Crippen LogP contribution is 2.26. The molecule has 3 fully saturated rings. The van der Waals surface area contributed by atoms with Crippen LogP contribution >= 0.6 is 0 Å². The van der Waals surface area contributed by atoms with Crippen LogP contribution in [0.3, 0.4) is 0 Å². The minimum absolute atomic E-state index is 0.148. The van der Waals surface area contributed by atoms with Crippen molar-refractivity contribution in [3.8, 4) is 0 Å². The number of aryl methyl sites for hydroxylation is 1. The van der Waals surface area contributed by atoms with Crippen molar-refractivity contribution in [2.24, 2.45) is 5.92 Å². The summed E-state index contributed by atoms with van der Waals surface area (Å²) in [6, 6.07) is 9.20. The third kappa shape index (κ3) is 4.93. The Balaban J connectivity index is 1.25. The largest absolute Gasteiger partial charge is 0.353 e. The van der Waals surface area contributed by atoms with Gasteiger partial charge in [0.25, 0.3) is 0 Å². The van der Waals surface area contributed by atoms with E-state index in [0.29, 0.717) is 18.5 Å².